The first-order chi connectivity index (χ1) is 12.8. The zero-order chi connectivity index (χ0) is 19.6. The molecule has 27 heavy (non-hydrogen) atoms. The van der Waals surface area contributed by atoms with Crippen LogP contribution in [0.15, 0.2) is 36.4 Å². The number of rotatable bonds is 5. The van der Waals surface area contributed by atoms with Crippen LogP contribution >= 0.6 is 11.6 Å². The summed E-state index contributed by atoms with van der Waals surface area (Å²) in [6.07, 6.45) is -1.17. The monoisotopic (exact) mass is 392 g/mol. The van der Waals surface area contributed by atoms with Crippen LogP contribution in [0.25, 0.3) is 0 Å². The first-order valence-corrected chi connectivity index (χ1v) is 8.08. The highest BCUT2D eigenvalue weighted by Crippen LogP contribution is 2.34. The molecule has 1 N–H and O–H groups in total. The van der Waals surface area contributed by atoms with Gasteiger partial charge in [0.05, 0.1) is 15.5 Å². The molecule has 0 unspecified atom stereocenters. The molecule has 140 valence electrons. The lowest BCUT2D eigenvalue weighted by atomic mass is 10.2. The first kappa shape index (κ1) is 18.5. The summed E-state index contributed by atoms with van der Waals surface area (Å²) in [4.78, 5) is 34.6. The average Bonchev–Trinajstić information content (AvgIpc) is 3.09. The van der Waals surface area contributed by atoms with Crippen LogP contribution in [0, 0.1) is 10.1 Å². The lowest BCUT2D eigenvalue weighted by molar-refractivity contribution is -0.384. The van der Waals surface area contributed by atoms with E-state index in [0.717, 1.165) is 12.1 Å². The van der Waals surface area contributed by atoms with Gasteiger partial charge in [0, 0.05) is 23.9 Å². The van der Waals surface area contributed by atoms with Crippen molar-refractivity contribution in [3.8, 4) is 11.5 Å². The van der Waals surface area contributed by atoms with E-state index in [2.05, 4.69) is 5.32 Å². The summed E-state index contributed by atoms with van der Waals surface area (Å²) in [5.74, 6) is -0.491. The summed E-state index contributed by atoms with van der Waals surface area (Å²) < 4.78 is 15.5. The van der Waals surface area contributed by atoms with Gasteiger partial charge in [-0.05, 0) is 25.1 Å². The second-order valence-electron chi connectivity index (χ2n) is 5.53. The number of hydrogen-bond acceptors (Lipinski definition) is 7. The standard InChI is InChI=1S/C17H13ClN2O7/c1-9(16(21)19-10-2-5-14-15(6-10)26-8-25-14)27-17(22)12-7-11(20(23)24)3-4-13(12)18/h2-7,9H,8H2,1H3,(H,19,21)/t9-/m0/s1. The Bertz CT molecular complexity index is 931. The number of nitrogens with one attached hydrogen (secondary N) is 1. The Kier molecular flexibility index (Phi) is 5.13. The smallest absolute Gasteiger partial charge is 0.340 e. The number of nitro benzene ring substituents is 1. The van der Waals surface area contributed by atoms with Gasteiger partial charge in [-0.15, -0.1) is 0 Å². The average molecular weight is 393 g/mol. The highest BCUT2D eigenvalue weighted by molar-refractivity contribution is 6.33. The predicted molar refractivity (Wildman–Crippen MR) is 94.2 cm³/mol. The molecule has 1 heterocycles. The number of ether oxygens (including phenoxy) is 3. The normalized spacial score (nSPS) is 13.0. The van der Waals surface area contributed by atoms with Crippen LogP contribution in [0.4, 0.5) is 11.4 Å². The molecule has 1 aliphatic heterocycles. The highest BCUT2D eigenvalue weighted by Gasteiger charge is 2.23. The maximum Gasteiger partial charge on any atom is 0.340 e. The minimum absolute atomic E-state index is 0.0195. The Balaban J connectivity index is 1.66. The maximum atomic E-state index is 12.2. The second-order valence-corrected chi connectivity index (χ2v) is 5.93. The van der Waals surface area contributed by atoms with Crippen LogP contribution in [0.3, 0.4) is 0 Å². The summed E-state index contributed by atoms with van der Waals surface area (Å²) in [5, 5.41) is 13.4. The van der Waals surface area contributed by atoms with Crippen LogP contribution in [0.5, 0.6) is 11.5 Å². The molecule has 0 aromatic heterocycles. The molecule has 1 amide bonds. The lowest BCUT2D eigenvalue weighted by Crippen LogP contribution is -2.30. The number of benzene rings is 2. The molecule has 3 rings (SSSR count). The van der Waals surface area contributed by atoms with E-state index in [0.29, 0.717) is 17.2 Å². The second kappa shape index (κ2) is 7.50. The van der Waals surface area contributed by atoms with Crippen LogP contribution in [-0.4, -0.2) is 29.7 Å². The van der Waals surface area contributed by atoms with Crippen LogP contribution in [-0.2, 0) is 9.53 Å². The third-order valence-electron chi connectivity index (χ3n) is 3.67. The van der Waals surface area contributed by atoms with E-state index >= 15 is 0 Å². The van der Waals surface area contributed by atoms with Crippen molar-refractivity contribution < 1.29 is 28.7 Å². The number of fused-ring (bicyclic) bond motifs is 1. The number of halogens is 1. The summed E-state index contributed by atoms with van der Waals surface area (Å²) in [6, 6.07) is 8.19. The van der Waals surface area contributed by atoms with Gasteiger partial charge in [0.25, 0.3) is 11.6 Å². The zero-order valence-electron chi connectivity index (χ0n) is 13.9. The van der Waals surface area contributed by atoms with Gasteiger partial charge in [0.15, 0.2) is 17.6 Å². The van der Waals surface area contributed by atoms with Crippen molar-refractivity contribution in [2.24, 2.45) is 0 Å². The Labute approximate surface area is 157 Å². The number of hydrogen-bond donors (Lipinski definition) is 1. The molecule has 10 heteroatoms. The number of carbonyl (C=O) groups excluding carboxylic acids is 2. The summed E-state index contributed by atoms with van der Waals surface area (Å²) in [5.41, 5.74) is -0.0852. The number of anilines is 1. The molecule has 2 aromatic rings. The van der Waals surface area contributed by atoms with E-state index in [-0.39, 0.29) is 23.1 Å². The Morgan fingerprint density at radius 1 is 1.22 bits per heavy atom. The zero-order valence-corrected chi connectivity index (χ0v) is 14.7. The molecular weight excluding hydrogens is 380 g/mol. The molecule has 9 nitrogen and oxygen atoms in total. The van der Waals surface area contributed by atoms with Gasteiger partial charge in [0.2, 0.25) is 6.79 Å². The lowest BCUT2D eigenvalue weighted by Gasteiger charge is -2.14. The molecular formula is C17H13ClN2O7. The van der Waals surface area contributed by atoms with Crippen molar-refractivity contribution in [2.75, 3.05) is 12.1 Å². The summed E-state index contributed by atoms with van der Waals surface area (Å²) in [6.45, 7) is 1.47. The van der Waals surface area contributed by atoms with E-state index < -0.39 is 22.9 Å². The van der Waals surface area contributed by atoms with Gasteiger partial charge in [0.1, 0.15) is 0 Å². The molecule has 1 aliphatic rings. The third kappa shape index (κ3) is 4.09. The van der Waals surface area contributed by atoms with Crippen molar-refractivity contribution in [3.63, 3.8) is 0 Å². The number of non-ortho nitro benzene ring substituents is 1. The van der Waals surface area contributed by atoms with Crippen LogP contribution < -0.4 is 14.8 Å². The fraction of sp³-hybridized carbons (Fsp3) is 0.176. The van der Waals surface area contributed by atoms with E-state index in [9.17, 15) is 19.7 Å². The number of esters is 1. The largest absolute Gasteiger partial charge is 0.454 e. The van der Waals surface area contributed by atoms with Crippen molar-refractivity contribution >= 4 is 34.9 Å². The molecule has 0 bridgehead atoms. The van der Waals surface area contributed by atoms with Gasteiger partial charge in [-0.25, -0.2) is 4.79 Å². The topological polar surface area (TPSA) is 117 Å². The fourth-order valence-electron chi connectivity index (χ4n) is 2.28. The Morgan fingerprint density at radius 3 is 2.70 bits per heavy atom. The van der Waals surface area contributed by atoms with E-state index in [1.807, 2.05) is 0 Å². The number of nitro groups is 1. The van der Waals surface area contributed by atoms with E-state index in [1.54, 1.807) is 18.2 Å². The molecule has 0 spiro atoms. The van der Waals surface area contributed by atoms with Gasteiger partial charge in [-0.2, -0.15) is 0 Å². The van der Waals surface area contributed by atoms with Gasteiger partial charge in [-0.1, -0.05) is 11.6 Å². The summed E-state index contributed by atoms with van der Waals surface area (Å²) in [7, 11) is 0. The SMILES string of the molecule is C[C@H](OC(=O)c1cc([N+](=O)[O-])ccc1Cl)C(=O)Nc1ccc2c(c1)OCO2. The number of nitrogens with zero attached hydrogens (tertiary/aromatic N) is 1. The predicted octanol–water partition coefficient (Wildman–Crippen LogP) is 3.16. The third-order valence-corrected chi connectivity index (χ3v) is 4.00. The molecule has 0 saturated heterocycles. The molecule has 1 atom stereocenters. The number of carbonyl (C=O) groups is 2. The first-order valence-electron chi connectivity index (χ1n) is 7.70. The maximum absolute atomic E-state index is 12.2. The number of amides is 1. The quantitative estimate of drug-likeness (QED) is 0.471. The van der Waals surface area contributed by atoms with E-state index in [4.69, 9.17) is 25.8 Å². The Hall–Kier alpha value is -3.33. The van der Waals surface area contributed by atoms with Gasteiger partial charge >= 0.3 is 5.97 Å². The fourth-order valence-corrected chi connectivity index (χ4v) is 2.47. The summed E-state index contributed by atoms with van der Waals surface area (Å²) >= 11 is 5.89. The molecule has 0 aliphatic carbocycles. The molecule has 0 radical (unpaired) electrons. The van der Waals surface area contributed by atoms with Gasteiger partial charge in [-0.3, -0.25) is 14.9 Å². The van der Waals surface area contributed by atoms with E-state index in [1.165, 1.54) is 13.0 Å². The Morgan fingerprint density at radius 2 is 1.96 bits per heavy atom. The van der Waals surface area contributed by atoms with Crippen molar-refractivity contribution in [3.05, 3.63) is 57.1 Å². The molecule has 0 saturated carbocycles. The minimum Gasteiger partial charge on any atom is -0.454 e. The van der Waals surface area contributed by atoms with Crippen molar-refractivity contribution in [1.82, 2.24) is 0 Å². The van der Waals surface area contributed by atoms with Gasteiger partial charge < -0.3 is 19.5 Å². The van der Waals surface area contributed by atoms with Crippen molar-refractivity contribution in [1.29, 1.82) is 0 Å². The van der Waals surface area contributed by atoms with Crippen LogP contribution in [0.2, 0.25) is 5.02 Å². The molecule has 0 fully saturated rings. The van der Waals surface area contributed by atoms with Crippen LogP contribution in [0.1, 0.15) is 17.3 Å². The van der Waals surface area contributed by atoms with Crippen molar-refractivity contribution in [2.45, 2.75) is 13.0 Å². The molecule has 2 aromatic carbocycles. The minimum atomic E-state index is -1.17. The highest BCUT2D eigenvalue weighted by atomic mass is 35.5.